The molecule has 3 rings (SSSR count). The number of thiophene rings is 1. The first-order chi connectivity index (χ1) is 13.4. The summed E-state index contributed by atoms with van der Waals surface area (Å²) in [5.41, 5.74) is 1.58. The molecule has 0 atom stereocenters. The minimum atomic E-state index is -0.568. The lowest BCUT2D eigenvalue weighted by Crippen LogP contribution is -2.34. The number of aryl methyl sites for hydroxylation is 1. The van der Waals surface area contributed by atoms with Gasteiger partial charge in [0.05, 0.1) is 22.8 Å². The minimum Gasteiger partial charge on any atom is -0.462 e. The number of esters is 1. The van der Waals surface area contributed by atoms with Gasteiger partial charge in [0.2, 0.25) is 0 Å². The van der Waals surface area contributed by atoms with E-state index in [1.54, 1.807) is 6.92 Å². The van der Waals surface area contributed by atoms with Crippen LogP contribution in [0, 0.1) is 5.82 Å². The number of rotatable bonds is 4. The van der Waals surface area contributed by atoms with Crippen molar-refractivity contribution in [3.63, 3.8) is 0 Å². The first-order valence-corrected chi connectivity index (χ1v) is 10.4. The van der Waals surface area contributed by atoms with Crippen LogP contribution in [0.25, 0.3) is 0 Å². The maximum absolute atomic E-state index is 13.2. The van der Waals surface area contributed by atoms with E-state index < -0.39 is 17.7 Å². The number of nitrogens with one attached hydrogen (secondary N) is 2. The minimum absolute atomic E-state index is 0.0147. The van der Waals surface area contributed by atoms with Gasteiger partial charge in [-0.1, -0.05) is 11.6 Å². The van der Waals surface area contributed by atoms with E-state index in [0.717, 1.165) is 48.3 Å². The van der Waals surface area contributed by atoms with Gasteiger partial charge in [0.25, 0.3) is 5.91 Å². The fourth-order valence-corrected chi connectivity index (χ4v) is 4.85. The van der Waals surface area contributed by atoms with Crippen LogP contribution in [0.2, 0.25) is 5.02 Å². The summed E-state index contributed by atoms with van der Waals surface area (Å²) < 4.78 is 18.4. The number of fused-ring (bicyclic) bond motifs is 1. The van der Waals surface area contributed by atoms with E-state index in [1.807, 2.05) is 0 Å². The van der Waals surface area contributed by atoms with Crippen LogP contribution in [-0.4, -0.2) is 23.6 Å². The molecule has 0 fully saturated rings. The lowest BCUT2D eigenvalue weighted by Gasteiger charge is -2.13. The van der Waals surface area contributed by atoms with Gasteiger partial charge in [-0.05, 0) is 68.6 Å². The number of carbonyl (C=O) groups excluding carboxylic acids is 2. The van der Waals surface area contributed by atoms with E-state index in [4.69, 9.17) is 28.6 Å². The second-order valence-corrected chi connectivity index (χ2v) is 8.09. The molecule has 1 aromatic heterocycles. The highest BCUT2D eigenvalue weighted by atomic mass is 35.5. The summed E-state index contributed by atoms with van der Waals surface area (Å²) >= 11 is 12.6. The third kappa shape index (κ3) is 4.51. The molecule has 1 amide bonds. The second-order valence-electron chi connectivity index (χ2n) is 6.17. The molecule has 0 spiro atoms. The molecule has 0 unspecified atom stereocenters. The third-order valence-electron chi connectivity index (χ3n) is 4.28. The van der Waals surface area contributed by atoms with Crippen molar-refractivity contribution >= 4 is 57.1 Å². The molecule has 9 heteroatoms. The summed E-state index contributed by atoms with van der Waals surface area (Å²) in [5.74, 6) is -1.51. The standard InChI is InChI=1S/C19H18ClFN2O3S2/c1-2-26-18(25)15-12-5-3-4-6-14(12)28-17(15)23-19(27)22-16(24)11-8-7-10(21)9-13(11)20/h7-9H,2-6H2,1H3,(H2,22,23,24,27). The normalized spacial score (nSPS) is 12.8. The highest BCUT2D eigenvalue weighted by Gasteiger charge is 2.27. The highest BCUT2D eigenvalue weighted by Crippen LogP contribution is 2.38. The maximum atomic E-state index is 13.2. The monoisotopic (exact) mass is 440 g/mol. The Kier molecular flexibility index (Phi) is 6.64. The Morgan fingerprint density at radius 2 is 2.07 bits per heavy atom. The fraction of sp³-hybridized carbons (Fsp3) is 0.316. The predicted octanol–water partition coefficient (Wildman–Crippen LogP) is 4.72. The number of halogens is 2. The summed E-state index contributed by atoms with van der Waals surface area (Å²) in [6.45, 7) is 2.02. The molecular weight excluding hydrogens is 423 g/mol. The summed E-state index contributed by atoms with van der Waals surface area (Å²) in [4.78, 5) is 26.0. The van der Waals surface area contributed by atoms with Crippen LogP contribution in [-0.2, 0) is 17.6 Å². The van der Waals surface area contributed by atoms with Crippen molar-refractivity contribution in [2.24, 2.45) is 0 Å². The Labute approximate surface area is 176 Å². The quantitative estimate of drug-likeness (QED) is 0.531. The average molecular weight is 441 g/mol. The van der Waals surface area contributed by atoms with Crippen LogP contribution < -0.4 is 10.6 Å². The number of anilines is 1. The molecule has 1 aromatic carbocycles. The Hall–Kier alpha value is -2.03. The van der Waals surface area contributed by atoms with E-state index in [1.165, 1.54) is 17.4 Å². The summed E-state index contributed by atoms with van der Waals surface area (Å²) in [7, 11) is 0. The molecule has 0 radical (unpaired) electrons. The Morgan fingerprint density at radius 1 is 1.32 bits per heavy atom. The zero-order valence-electron chi connectivity index (χ0n) is 15.1. The Balaban J connectivity index is 1.79. The molecule has 1 aliphatic carbocycles. The molecule has 148 valence electrons. The summed E-state index contributed by atoms with van der Waals surface area (Å²) in [6.07, 6.45) is 3.80. The maximum Gasteiger partial charge on any atom is 0.341 e. The van der Waals surface area contributed by atoms with E-state index in [9.17, 15) is 14.0 Å². The molecular formula is C19H18ClFN2O3S2. The summed E-state index contributed by atoms with van der Waals surface area (Å²) in [5, 5.41) is 6.02. The van der Waals surface area contributed by atoms with Gasteiger partial charge in [0, 0.05) is 4.88 Å². The molecule has 0 saturated carbocycles. The van der Waals surface area contributed by atoms with Gasteiger partial charge in [-0.2, -0.15) is 0 Å². The van der Waals surface area contributed by atoms with Crippen molar-refractivity contribution < 1.29 is 18.7 Å². The second kappa shape index (κ2) is 8.98. The summed E-state index contributed by atoms with van der Waals surface area (Å²) in [6, 6.07) is 3.48. The van der Waals surface area contributed by atoms with Gasteiger partial charge >= 0.3 is 5.97 Å². The molecule has 2 N–H and O–H groups in total. The molecule has 0 bridgehead atoms. The van der Waals surface area contributed by atoms with Crippen molar-refractivity contribution in [3.05, 3.63) is 50.6 Å². The number of amides is 1. The number of hydrogen-bond acceptors (Lipinski definition) is 5. The van der Waals surface area contributed by atoms with Crippen LogP contribution >= 0.6 is 35.2 Å². The fourth-order valence-electron chi connectivity index (χ4n) is 3.05. The van der Waals surface area contributed by atoms with Gasteiger partial charge in [0.1, 0.15) is 10.8 Å². The topological polar surface area (TPSA) is 67.4 Å². The zero-order valence-corrected chi connectivity index (χ0v) is 17.5. The van der Waals surface area contributed by atoms with Crippen molar-refractivity contribution in [2.75, 3.05) is 11.9 Å². The van der Waals surface area contributed by atoms with Gasteiger partial charge in [-0.25, -0.2) is 9.18 Å². The van der Waals surface area contributed by atoms with Crippen molar-refractivity contribution in [3.8, 4) is 0 Å². The van der Waals surface area contributed by atoms with Gasteiger partial charge in [-0.3, -0.25) is 10.1 Å². The molecule has 0 aliphatic heterocycles. The number of hydrogen-bond donors (Lipinski definition) is 2. The number of thiocarbonyl (C=S) groups is 1. The molecule has 28 heavy (non-hydrogen) atoms. The lowest BCUT2D eigenvalue weighted by molar-refractivity contribution is 0.0526. The van der Waals surface area contributed by atoms with Gasteiger partial charge in [-0.15, -0.1) is 11.3 Å². The SMILES string of the molecule is CCOC(=O)c1c(NC(=S)NC(=O)c2ccc(F)cc2Cl)sc2c1CCCC2. The van der Waals surface area contributed by atoms with Crippen molar-refractivity contribution in [1.82, 2.24) is 5.32 Å². The van der Waals surface area contributed by atoms with E-state index >= 15 is 0 Å². The zero-order chi connectivity index (χ0) is 20.3. The first-order valence-electron chi connectivity index (χ1n) is 8.79. The van der Waals surface area contributed by atoms with E-state index in [-0.39, 0.29) is 22.3 Å². The highest BCUT2D eigenvalue weighted by molar-refractivity contribution is 7.80. The van der Waals surface area contributed by atoms with Crippen molar-refractivity contribution in [1.29, 1.82) is 0 Å². The number of benzene rings is 1. The Morgan fingerprint density at radius 3 is 2.79 bits per heavy atom. The smallest absolute Gasteiger partial charge is 0.341 e. The van der Waals surface area contributed by atoms with Gasteiger partial charge in [0.15, 0.2) is 5.11 Å². The molecule has 2 aromatic rings. The largest absolute Gasteiger partial charge is 0.462 e. The van der Waals surface area contributed by atoms with Crippen LogP contribution in [0.4, 0.5) is 9.39 Å². The third-order valence-corrected chi connectivity index (χ3v) is 6.00. The van der Waals surface area contributed by atoms with Crippen molar-refractivity contribution in [2.45, 2.75) is 32.6 Å². The molecule has 0 saturated heterocycles. The average Bonchev–Trinajstić information content (AvgIpc) is 2.99. The Bertz CT molecular complexity index is 946. The van der Waals surface area contributed by atoms with Crippen LogP contribution in [0.5, 0.6) is 0 Å². The first kappa shape index (κ1) is 20.7. The van der Waals surface area contributed by atoms with Crippen LogP contribution in [0.3, 0.4) is 0 Å². The molecule has 1 heterocycles. The van der Waals surface area contributed by atoms with E-state index in [2.05, 4.69) is 10.6 Å². The van der Waals surface area contributed by atoms with Gasteiger partial charge < -0.3 is 10.1 Å². The van der Waals surface area contributed by atoms with Crippen LogP contribution in [0.15, 0.2) is 18.2 Å². The van der Waals surface area contributed by atoms with Crippen LogP contribution in [0.1, 0.15) is 50.9 Å². The van der Waals surface area contributed by atoms with E-state index in [0.29, 0.717) is 10.6 Å². The number of carbonyl (C=O) groups is 2. The lowest BCUT2D eigenvalue weighted by atomic mass is 9.95. The molecule has 1 aliphatic rings. The predicted molar refractivity (Wildman–Crippen MR) is 112 cm³/mol. The molecule has 5 nitrogen and oxygen atoms in total. The number of ether oxygens (including phenoxy) is 1.